The van der Waals surface area contributed by atoms with Crippen molar-refractivity contribution in [3.05, 3.63) is 61.4 Å². The van der Waals surface area contributed by atoms with Gasteiger partial charge in [0, 0.05) is 29.3 Å². The number of H-pyrrole nitrogens is 2. The van der Waals surface area contributed by atoms with E-state index in [2.05, 4.69) is 15.3 Å². The van der Waals surface area contributed by atoms with Crippen LogP contribution >= 0.6 is 0 Å². The summed E-state index contributed by atoms with van der Waals surface area (Å²) in [5, 5.41) is 3.09. The van der Waals surface area contributed by atoms with Gasteiger partial charge in [0.2, 0.25) is 0 Å². The number of hydrogen-bond donors (Lipinski definition) is 3. The first-order chi connectivity index (χ1) is 13.0. The molecule has 2 heterocycles. The number of carbonyl (C=O) groups excluding carboxylic acids is 1. The molecule has 1 aliphatic heterocycles. The molecule has 1 aromatic carbocycles. The van der Waals surface area contributed by atoms with E-state index < -0.39 is 17.2 Å². The van der Waals surface area contributed by atoms with Gasteiger partial charge in [-0.25, -0.2) is 4.79 Å². The molecule has 27 heavy (non-hydrogen) atoms. The van der Waals surface area contributed by atoms with E-state index in [9.17, 15) is 14.4 Å². The van der Waals surface area contributed by atoms with Gasteiger partial charge in [-0.15, -0.1) is 0 Å². The van der Waals surface area contributed by atoms with Gasteiger partial charge in [-0.1, -0.05) is 6.07 Å². The van der Waals surface area contributed by atoms with E-state index in [-0.39, 0.29) is 5.78 Å². The van der Waals surface area contributed by atoms with E-state index >= 15 is 0 Å². The normalized spacial score (nSPS) is 18.4. The lowest BCUT2D eigenvalue weighted by Crippen LogP contribution is -2.36. The molecule has 4 rings (SSSR count). The molecule has 2 aliphatic rings. The number of Topliss-reactive ketones (excluding diaryl/α,β-unsaturated/α-hetero) is 1. The van der Waals surface area contributed by atoms with Crippen LogP contribution in [0, 0.1) is 0 Å². The summed E-state index contributed by atoms with van der Waals surface area (Å²) in [4.78, 5) is 42.1. The van der Waals surface area contributed by atoms with Gasteiger partial charge in [0.25, 0.3) is 5.56 Å². The summed E-state index contributed by atoms with van der Waals surface area (Å²) in [6.45, 7) is 0. The maximum absolute atomic E-state index is 12.8. The van der Waals surface area contributed by atoms with Crippen molar-refractivity contribution in [3.63, 3.8) is 0 Å². The summed E-state index contributed by atoms with van der Waals surface area (Å²) in [5.74, 6) is 0.779. The fourth-order valence-corrected chi connectivity index (χ4v) is 3.86. The lowest BCUT2D eigenvalue weighted by Gasteiger charge is -2.33. The Labute approximate surface area is 154 Å². The largest absolute Gasteiger partial charge is 0.497 e. The third kappa shape index (κ3) is 2.73. The highest BCUT2D eigenvalue weighted by molar-refractivity contribution is 6.01. The highest BCUT2D eigenvalue weighted by Crippen LogP contribution is 2.46. The number of hydrogen-bond acceptors (Lipinski definition) is 6. The predicted molar refractivity (Wildman–Crippen MR) is 98.6 cm³/mol. The third-order valence-corrected chi connectivity index (χ3v) is 5.04. The molecule has 140 valence electrons. The van der Waals surface area contributed by atoms with Crippen LogP contribution in [-0.4, -0.2) is 30.0 Å². The van der Waals surface area contributed by atoms with Gasteiger partial charge in [0.1, 0.15) is 17.3 Å². The number of nitrogens with one attached hydrogen (secondary N) is 3. The molecule has 3 N–H and O–H groups in total. The molecule has 0 fully saturated rings. The van der Waals surface area contributed by atoms with Crippen LogP contribution < -0.4 is 26.0 Å². The second kappa shape index (κ2) is 6.46. The van der Waals surface area contributed by atoms with E-state index in [0.717, 1.165) is 12.1 Å². The number of allylic oxidation sites excluding steroid dienone is 2. The Bertz CT molecular complexity index is 1080. The minimum absolute atomic E-state index is 0.0112. The summed E-state index contributed by atoms with van der Waals surface area (Å²) in [6, 6.07) is 5.26. The molecule has 0 amide bonds. The highest BCUT2D eigenvalue weighted by atomic mass is 16.5. The van der Waals surface area contributed by atoms with Crippen molar-refractivity contribution in [2.45, 2.75) is 25.2 Å². The molecular weight excluding hydrogens is 350 g/mol. The summed E-state index contributed by atoms with van der Waals surface area (Å²) >= 11 is 0. The average molecular weight is 369 g/mol. The number of fused-ring (bicyclic) bond motifs is 1. The van der Waals surface area contributed by atoms with Gasteiger partial charge in [-0.2, -0.15) is 0 Å². The number of aromatic nitrogens is 2. The van der Waals surface area contributed by atoms with Gasteiger partial charge >= 0.3 is 5.69 Å². The lowest BCUT2D eigenvalue weighted by atomic mass is 9.76. The Kier molecular flexibility index (Phi) is 4.10. The topological polar surface area (TPSA) is 113 Å². The molecule has 1 atom stereocenters. The summed E-state index contributed by atoms with van der Waals surface area (Å²) in [6.07, 6.45) is 1.82. The van der Waals surface area contributed by atoms with Crippen LogP contribution in [0.4, 0.5) is 5.82 Å². The molecule has 0 saturated carbocycles. The van der Waals surface area contributed by atoms with Crippen LogP contribution in [0.15, 0.2) is 39.1 Å². The Morgan fingerprint density at radius 1 is 1.04 bits per heavy atom. The molecule has 2 aromatic rings. The maximum Gasteiger partial charge on any atom is 0.327 e. The monoisotopic (exact) mass is 369 g/mol. The Morgan fingerprint density at radius 2 is 1.85 bits per heavy atom. The van der Waals surface area contributed by atoms with Crippen molar-refractivity contribution in [3.8, 4) is 11.5 Å². The molecule has 0 unspecified atom stereocenters. The van der Waals surface area contributed by atoms with Gasteiger partial charge in [-0.3, -0.25) is 19.6 Å². The van der Waals surface area contributed by atoms with Crippen LogP contribution in [-0.2, 0) is 4.79 Å². The zero-order chi connectivity index (χ0) is 19.1. The molecule has 8 nitrogen and oxygen atoms in total. The van der Waals surface area contributed by atoms with Gasteiger partial charge in [0.05, 0.1) is 25.7 Å². The van der Waals surface area contributed by atoms with Crippen LogP contribution in [0.5, 0.6) is 11.5 Å². The molecule has 0 spiro atoms. The lowest BCUT2D eigenvalue weighted by molar-refractivity contribution is -0.116. The van der Waals surface area contributed by atoms with Crippen molar-refractivity contribution < 1.29 is 14.3 Å². The molecular formula is C19H19N3O5. The van der Waals surface area contributed by atoms with Crippen LogP contribution in [0.2, 0.25) is 0 Å². The van der Waals surface area contributed by atoms with Crippen LogP contribution in [0.1, 0.15) is 36.3 Å². The second-order valence-electron chi connectivity index (χ2n) is 6.53. The zero-order valence-corrected chi connectivity index (χ0v) is 15.0. The molecule has 1 aliphatic carbocycles. The number of ether oxygens (including phenoxy) is 2. The Morgan fingerprint density at radius 3 is 2.59 bits per heavy atom. The van der Waals surface area contributed by atoms with Crippen molar-refractivity contribution in [1.82, 2.24) is 9.97 Å². The summed E-state index contributed by atoms with van der Waals surface area (Å²) in [5.41, 5.74) is 1.12. The van der Waals surface area contributed by atoms with Crippen molar-refractivity contribution >= 4 is 11.6 Å². The van der Waals surface area contributed by atoms with Gasteiger partial charge < -0.3 is 14.8 Å². The zero-order valence-electron chi connectivity index (χ0n) is 15.0. The van der Waals surface area contributed by atoms with E-state index in [1.807, 2.05) is 0 Å². The Balaban J connectivity index is 2.02. The smallest absolute Gasteiger partial charge is 0.327 e. The number of rotatable bonds is 3. The number of methoxy groups -OCH3 is 2. The molecule has 8 heteroatoms. The molecule has 1 aromatic heterocycles. The number of benzene rings is 1. The van der Waals surface area contributed by atoms with Gasteiger partial charge in [0.15, 0.2) is 5.78 Å². The van der Waals surface area contributed by atoms with Crippen LogP contribution in [0.3, 0.4) is 0 Å². The van der Waals surface area contributed by atoms with Crippen molar-refractivity contribution in [1.29, 1.82) is 0 Å². The predicted octanol–water partition coefficient (Wildman–Crippen LogP) is 1.64. The van der Waals surface area contributed by atoms with E-state index in [1.54, 1.807) is 25.3 Å². The standard InChI is InChI=1S/C19H19N3O5/c1-26-9-6-7-10(13(8-9)27-2)14-15-11(4-3-5-12(15)23)20-17-16(14)18(24)22-19(25)21-17/h6-8,14H,3-5H2,1-2H3,(H3,20,21,22,24,25)/t14-/m1/s1. The fraction of sp³-hybridized carbons (Fsp3) is 0.316. The molecule has 0 radical (unpaired) electrons. The minimum Gasteiger partial charge on any atom is -0.497 e. The number of aromatic amines is 2. The summed E-state index contributed by atoms with van der Waals surface area (Å²) in [7, 11) is 3.07. The first-order valence-electron chi connectivity index (χ1n) is 8.65. The number of ketones is 1. The minimum atomic E-state index is -0.634. The highest BCUT2D eigenvalue weighted by Gasteiger charge is 2.38. The van der Waals surface area contributed by atoms with E-state index in [4.69, 9.17) is 9.47 Å². The number of carbonyl (C=O) groups is 1. The molecule has 0 bridgehead atoms. The van der Waals surface area contributed by atoms with E-state index in [1.165, 1.54) is 7.11 Å². The number of anilines is 1. The van der Waals surface area contributed by atoms with Crippen molar-refractivity contribution in [2.24, 2.45) is 0 Å². The van der Waals surface area contributed by atoms with Crippen molar-refractivity contribution in [2.75, 3.05) is 19.5 Å². The third-order valence-electron chi connectivity index (χ3n) is 5.04. The fourth-order valence-electron chi connectivity index (χ4n) is 3.86. The summed E-state index contributed by atoms with van der Waals surface area (Å²) < 4.78 is 10.8. The van der Waals surface area contributed by atoms with Crippen LogP contribution in [0.25, 0.3) is 0 Å². The quantitative estimate of drug-likeness (QED) is 0.758. The first-order valence-corrected chi connectivity index (χ1v) is 8.65. The second-order valence-corrected chi connectivity index (χ2v) is 6.53. The van der Waals surface area contributed by atoms with E-state index in [0.29, 0.717) is 46.9 Å². The SMILES string of the molecule is COc1ccc([C@@H]2C3=C(CCCC3=O)Nc3[nH]c(=O)[nH]c(=O)c32)c(OC)c1. The molecule has 0 saturated heterocycles. The van der Waals surface area contributed by atoms with Gasteiger partial charge in [-0.05, 0) is 18.9 Å². The average Bonchev–Trinajstić information content (AvgIpc) is 2.66. The maximum atomic E-state index is 12.8. The Hall–Kier alpha value is -3.29. The first kappa shape index (κ1) is 17.1.